The van der Waals surface area contributed by atoms with Gasteiger partial charge in [0.15, 0.2) is 5.13 Å². The van der Waals surface area contributed by atoms with Crippen molar-refractivity contribution in [3.05, 3.63) is 23.8 Å². The predicted octanol–water partition coefficient (Wildman–Crippen LogP) is 3.57. The highest BCUT2D eigenvalue weighted by molar-refractivity contribution is 7.22. The van der Waals surface area contributed by atoms with Crippen LogP contribution in [0.2, 0.25) is 0 Å². The standard InChI is InChI=1S/C12H14N2S/c1-8-3-4-10-9(7-8)13-11(15-10)14-12(2)5-6-12/h3-4,7H,5-6H2,1-2H3,(H,13,14). The number of aryl methyl sites for hydroxylation is 1. The molecule has 3 rings (SSSR count). The van der Waals surface area contributed by atoms with Crippen LogP contribution in [0.25, 0.3) is 10.2 Å². The van der Waals surface area contributed by atoms with Gasteiger partial charge in [-0.25, -0.2) is 4.98 Å². The summed E-state index contributed by atoms with van der Waals surface area (Å²) in [4.78, 5) is 4.61. The molecule has 1 aromatic carbocycles. The summed E-state index contributed by atoms with van der Waals surface area (Å²) < 4.78 is 1.27. The van der Waals surface area contributed by atoms with Crippen molar-refractivity contribution in [2.75, 3.05) is 5.32 Å². The third kappa shape index (κ3) is 1.72. The van der Waals surface area contributed by atoms with Crippen LogP contribution in [0.3, 0.4) is 0 Å². The van der Waals surface area contributed by atoms with Gasteiger partial charge < -0.3 is 5.32 Å². The molecule has 2 aromatic rings. The Hall–Kier alpha value is -1.09. The fourth-order valence-electron chi connectivity index (χ4n) is 1.66. The lowest BCUT2D eigenvalue weighted by molar-refractivity contribution is 0.828. The first-order valence-corrected chi connectivity index (χ1v) is 6.12. The van der Waals surface area contributed by atoms with Crippen LogP contribution in [0.4, 0.5) is 5.13 Å². The highest BCUT2D eigenvalue weighted by Gasteiger charge is 2.37. The molecule has 0 radical (unpaired) electrons. The Kier molecular flexibility index (Phi) is 1.80. The summed E-state index contributed by atoms with van der Waals surface area (Å²) in [5, 5.41) is 4.57. The van der Waals surface area contributed by atoms with Gasteiger partial charge in [0.2, 0.25) is 0 Å². The zero-order valence-electron chi connectivity index (χ0n) is 9.00. The summed E-state index contributed by atoms with van der Waals surface area (Å²) >= 11 is 1.75. The number of anilines is 1. The van der Waals surface area contributed by atoms with E-state index in [4.69, 9.17) is 0 Å². The molecule has 1 fully saturated rings. The Labute approximate surface area is 93.3 Å². The lowest BCUT2D eigenvalue weighted by Gasteiger charge is -2.08. The first kappa shape index (κ1) is 9.16. The minimum absolute atomic E-state index is 0.322. The van der Waals surface area contributed by atoms with E-state index in [-0.39, 0.29) is 0 Å². The molecule has 0 aliphatic heterocycles. The normalized spacial score (nSPS) is 18.0. The van der Waals surface area contributed by atoms with Gasteiger partial charge in [-0.15, -0.1) is 0 Å². The molecule has 1 aliphatic rings. The van der Waals surface area contributed by atoms with Crippen molar-refractivity contribution in [3.63, 3.8) is 0 Å². The topological polar surface area (TPSA) is 24.9 Å². The minimum atomic E-state index is 0.322. The average Bonchev–Trinajstić information content (AvgIpc) is 2.76. The van der Waals surface area contributed by atoms with Gasteiger partial charge in [0, 0.05) is 5.54 Å². The van der Waals surface area contributed by atoms with Crippen LogP contribution in [0, 0.1) is 6.92 Å². The zero-order chi connectivity index (χ0) is 10.5. The van der Waals surface area contributed by atoms with Crippen LogP contribution in [0.1, 0.15) is 25.3 Å². The van der Waals surface area contributed by atoms with Crippen molar-refractivity contribution in [2.45, 2.75) is 32.2 Å². The third-order valence-electron chi connectivity index (χ3n) is 2.95. The largest absolute Gasteiger partial charge is 0.356 e. The molecule has 1 heterocycles. The molecule has 15 heavy (non-hydrogen) atoms. The average molecular weight is 218 g/mol. The van der Waals surface area contributed by atoms with Crippen LogP contribution in [-0.2, 0) is 0 Å². The molecular weight excluding hydrogens is 204 g/mol. The first-order valence-electron chi connectivity index (χ1n) is 5.30. The van der Waals surface area contributed by atoms with Crippen LogP contribution in [0.15, 0.2) is 18.2 Å². The van der Waals surface area contributed by atoms with E-state index >= 15 is 0 Å². The SMILES string of the molecule is Cc1ccc2sc(NC3(C)CC3)nc2c1. The Bertz CT molecular complexity index is 511. The Morgan fingerprint density at radius 2 is 2.20 bits per heavy atom. The molecular formula is C12H14N2S. The maximum Gasteiger partial charge on any atom is 0.184 e. The molecule has 0 atom stereocenters. The van der Waals surface area contributed by atoms with E-state index in [2.05, 4.69) is 42.3 Å². The van der Waals surface area contributed by atoms with Gasteiger partial charge in [-0.1, -0.05) is 17.4 Å². The Balaban J connectivity index is 1.99. The highest BCUT2D eigenvalue weighted by Crippen LogP contribution is 2.39. The van der Waals surface area contributed by atoms with Crippen molar-refractivity contribution in [3.8, 4) is 0 Å². The zero-order valence-corrected chi connectivity index (χ0v) is 9.82. The van der Waals surface area contributed by atoms with Crippen molar-refractivity contribution in [1.29, 1.82) is 0 Å². The van der Waals surface area contributed by atoms with Crippen molar-refractivity contribution in [2.24, 2.45) is 0 Å². The molecule has 1 N–H and O–H groups in total. The third-order valence-corrected chi connectivity index (χ3v) is 3.90. The van der Waals surface area contributed by atoms with Gasteiger partial charge in [0.25, 0.3) is 0 Å². The van der Waals surface area contributed by atoms with E-state index in [1.54, 1.807) is 11.3 Å². The Morgan fingerprint density at radius 3 is 2.93 bits per heavy atom. The van der Waals surface area contributed by atoms with Gasteiger partial charge in [0.05, 0.1) is 10.2 Å². The molecule has 1 aliphatic carbocycles. The van der Waals surface area contributed by atoms with Crippen molar-refractivity contribution in [1.82, 2.24) is 4.98 Å². The highest BCUT2D eigenvalue weighted by atomic mass is 32.1. The summed E-state index contributed by atoms with van der Waals surface area (Å²) in [6, 6.07) is 6.44. The lowest BCUT2D eigenvalue weighted by Crippen LogP contribution is -2.15. The fourth-order valence-corrected chi connectivity index (χ4v) is 2.66. The first-order chi connectivity index (χ1) is 7.15. The van der Waals surface area contributed by atoms with Gasteiger partial charge in [-0.3, -0.25) is 0 Å². The van der Waals surface area contributed by atoms with E-state index in [9.17, 15) is 0 Å². The molecule has 0 spiro atoms. The number of hydrogen-bond donors (Lipinski definition) is 1. The van der Waals surface area contributed by atoms with Crippen LogP contribution in [-0.4, -0.2) is 10.5 Å². The summed E-state index contributed by atoms with van der Waals surface area (Å²) in [7, 11) is 0. The number of aromatic nitrogens is 1. The number of fused-ring (bicyclic) bond motifs is 1. The lowest BCUT2D eigenvalue weighted by atomic mass is 10.2. The van der Waals surface area contributed by atoms with Crippen LogP contribution >= 0.6 is 11.3 Å². The second-order valence-electron chi connectivity index (χ2n) is 4.68. The number of rotatable bonds is 2. The number of thiazole rings is 1. The number of nitrogens with one attached hydrogen (secondary N) is 1. The molecule has 1 aromatic heterocycles. The van der Waals surface area contributed by atoms with Crippen LogP contribution < -0.4 is 5.32 Å². The monoisotopic (exact) mass is 218 g/mol. The maximum atomic E-state index is 4.61. The summed E-state index contributed by atoms with van der Waals surface area (Å²) in [6.07, 6.45) is 2.53. The molecule has 78 valence electrons. The molecule has 0 bridgehead atoms. The van der Waals surface area contributed by atoms with E-state index in [0.29, 0.717) is 5.54 Å². The number of hydrogen-bond acceptors (Lipinski definition) is 3. The molecule has 0 unspecified atom stereocenters. The maximum absolute atomic E-state index is 4.61. The van der Waals surface area contributed by atoms with Gasteiger partial charge in [-0.05, 0) is 44.4 Å². The second kappa shape index (κ2) is 2.95. The minimum Gasteiger partial charge on any atom is -0.356 e. The summed E-state index contributed by atoms with van der Waals surface area (Å²) in [6.45, 7) is 4.36. The molecule has 0 amide bonds. The summed E-state index contributed by atoms with van der Waals surface area (Å²) in [5.74, 6) is 0. The predicted molar refractivity (Wildman–Crippen MR) is 65.6 cm³/mol. The molecule has 0 saturated heterocycles. The molecule has 3 heteroatoms. The van der Waals surface area contributed by atoms with Gasteiger partial charge in [-0.2, -0.15) is 0 Å². The van der Waals surface area contributed by atoms with E-state index in [1.807, 2.05) is 0 Å². The van der Waals surface area contributed by atoms with Crippen molar-refractivity contribution < 1.29 is 0 Å². The number of benzene rings is 1. The molecule has 2 nitrogen and oxygen atoms in total. The van der Waals surface area contributed by atoms with Gasteiger partial charge >= 0.3 is 0 Å². The fraction of sp³-hybridized carbons (Fsp3) is 0.417. The smallest absolute Gasteiger partial charge is 0.184 e. The van der Waals surface area contributed by atoms with Crippen molar-refractivity contribution >= 4 is 26.7 Å². The Morgan fingerprint density at radius 1 is 1.40 bits per heavy atom. The second-order valence-corrected chi connectivity index (χ2v) is 5.71. The quantitative estimate of drug-likeness (QED) is 0.833. The van der Waals surface area contributed by atoms with Crippen LogP contribution in [0.5, 0.6) is 0 Å². The van der Waals surface area contributed by atoms with E-state index in [0.717, 1.165) is 10.6 Å². The van der Waals surface area contributed by atoms with E-state index in [1.165, 1.54) is 23.1 Å². The van der Waals surface area contributed by atoms with E-state index < -0.39 is 0 Å². The summed E-state index contributed by atoms with van der Waals surface area (Å²) in [5.41, 5.74) is 2.71. The van der Waals surface area contributed by atoms with Gasteiger partial charge in [0.1, 0.15) is 0 Å². The number of nitrogens with zero attached hydrogens (tertiary/aromatic N) is 1. The molecule has 1 saturated carbocycles.